The first-order valence-corrected chi connectivity index (χ1v) is 10.3. The number of rotatable bonds is 6. The molecule has 0 saturated heterocycles. The minimum atomic E-state index is -4.26. The summed E-state index contributed by atoms with van der Waals surface area (Å²) in [6.45, 7) is -1.56. The van der Waals surface area contributed by atoms with Crippen molar-refractivity contribution in [3.05, 3.63) is 63.9 Å². The molecule has 3 aromatic rings. The number of hydrogen-bond donors (Lipinski definition) is 1. The summed E-state index contributed by atoms with van der Waals surface area (Å²) in [6.07, 6.45) is 0. The molecule has 0 spiro atoms. The third-order valence-electron chi connectivity index (χ3n) is 3.84. The van der Waals surface area contributed by atoms with Gasteiger partial charge in [0, 0.05) is 6.07 Å². The summed E-state index contributed by atoms with van der Waals surface area (Å²) in [5.41, 5.74) is 0.0946. The van der Waals surface area contributed by atoms with Gasteiger partial charge in [0.15, 0.2) is 5.69 Å². The van der Waals surface area contributed by atoms with Crippen LogP contribution >= 0.6 is 23.2 Å². The van der Waals surface area contributed by atoms with Crippen LogP contribution in [0.15, 0.2) is 47.4 Å². The smallest absolute Gasteiger partial charge is 0.387 e. The van der Waals surface area contributed by atoms with Crippen LogP contribution < -0.4 is 9.46 Å². The number of aromatic nitrogens is 3. The maximum absolute atomic E-state index is 12.5. The zero-order chi connectivity index (χ0) is 22.1. The van der Waals surface area contributed by atoms with Crippen LogP contribution in [0.5, 0.6) is 5.75 Å². The summed E-state index contributed by atoms with van der Waals surface area (Å²) in [4.78, 5) is 12.2. The molecule has 2 aromatic carbocycles. The number of halogens is 4. The quantitative estimate of drug-likeness (QED) is 0.582. The predicted octanol–water partition coefficient (Wildman–Crippen LogP) is 3.60. The minimum absolute atomic E-state index is 0.00297. The molecule has 8 nitrogen and oxygen atoms in total. The minimum Gasteiger partial charge on any atom is -0.435 e. The van der Waals surface area contributed by atoms with Gasteiger partial charge in [0.2, 0.25) is 0 Å². The van der Waals surface area contributed by atoms with Crippen molar-refractivity contribution in [3.8, 4) is 11.4 Å². The average Bonchev–Trinajstić information content (AvgIpc) is 3.02. The summed E-state index contributed by atoms with van der Waals surface area (Å²) in [5.74, 6) is -1.20. The van der Waals surface area contributed by atoms with Crippen molar-refractivity contribution in [3.63, 3.8) is 0 Å². The summed E-state index contributed by atoms with van der Waals surface area (Å²) in [6, 6.07) is 9.32. The normalized spacial score (nSPS) is 11.5. The molecular weight excluding hydrogens is 465 g/mol. The monoisotopic (exact) mass is 476 g/mol. The number of sulfonamides is 1. The maximum Gasteiger partial charge on any atom is 0.387 e. The van der Waals surface area contributed by atoms with Crippen LogP contribution in [0, 0.1) is 6.92 Å². The number of alkyl halides is 2. The molecule has 1 N–H and O–H groups in total. The van der Waals surface area contributed by atoms with E-state index in [1.54, 1.807) is 6.07 Å². The predicted molar refractivity (Wildman–Crippen MR) is 104 cm³/mol. The second-order valence-electron chi connectivity index (χ2n) is 5.79. The van der Waals surface area contributed by atoms with Crippen LogP contribution in [0.25, 0.3) is 5.69 Å². The van der Waals surface area contributed by atoms with Gasteiger partial charge in [-0.1, -0.05) is 40.5 Å². The van der Waals surface area contributed by atoms with Gasteiger partial charge in [-0.15, -0.1) is 5.10 Å². The van der Waals surface area contributed by atoms with Crippen molar-refractivity contribution in [1.82, 2.24) is 19.7 Å². The number of hydrogen-bond acceptors (Lipinski definition) is 6. The van der Waals surface area contributed by atoms with E-state index in [2.05, 4.69) is 15.0 Å². The van der Waals surface area contributed by atoms with Crippen LogP contribution in [0.4, 0.5) is 8.78 Å². The van der Waals surface area contributed by atoms with E-state index in [1.807, 2.05) is 4.72 Å². The Morgan fingerprint density at radius 2 is 1.87 bits per heavy atom. The number of amides is 1. The van der Waals surface area contributed by atoms with Crippen molar-refractivity contribution in [1.29, 1.82) is 0 Å². The molecule has 13 heteroatoms. The molecule has 1 aromatic heterocycles. The fourth-order valence-electron chi connectivity index (χ4n) is 2.49. The third kappa shape index (κ3) is 4.53. The molecule has 0 aliphatic rings. The van der Waals surface area contributed by atoms with Gasteiger partial charge < -0.3 is 4.74 Å². The fourth-order valence-corrected chi connectivity index (χ4v) is 4.22. The summed E-state index contributed by atoms with van der Waals surface area (Å²) in [7, 11) is -4.26. The van der Waals surface area contributed by atoms with Crippen LogP contribution in [0.3, 0.4) is 0 Å². The Balaban J connectivity index is 1.88. The van der Waals surface area contributed by atoms with Gasteiger partial charge in [-0.25, -0.2) is 17.8 Å². The van der Waals surface area contributed by atoms with E-state index in [0.29, 0.717) is 0 Å². The Morgan fingerprint density at radius 3 is 2.50 bits per heavy atom. The van der Waals surface area contributed by atoms with E-state index >= 15 is 0 Å². The molecule has 0 unspecified atom stereocenters. The topological polar surface area (TPSA) is 103 Å². The highest BCUT2D eigenvalue weighted by atomic mass is 35.5. The highest BCUT2D eigenvalue weighted by Crippen LogP contribution is 2.27. The summed E-state index contributed by atoms with van der Waals surface area (Å²) in [5, 5.41) is 7.43. The van der Waals surface area contributed by atoms with E-state index in [-0.39, 0.29) is 37.8 Å². The summed E-state index contributed by atoms with van der Waals surface area (Å²) >= 11 is 12.0. The first-order valence-electron chi connectivity index (χ1n) is 8.09. The van der Waals surface area contributed by atoms with E-state index < -0.39 is 22.5 Å². The molecule has 1 heterocycles. The van der Waals surface area contributed by atoms with E-state index in [9.17, 15) is 22.0 Å². The highest BCUT2D eigenvalue weighted by molar-refractivity contribution is 7.90. The zero-order valence-electron chi connectivity index (χ0n) is 15.0. The first-order chi connectivity index (χ1) is 14.1. The number of nitrogens with zero attached hydrogens (tertiary/aromatic N) is 3. The third-order valence-corrected chi connectivity index (χ3v) is 5.97. The van der Waals surface area contributed by atoms with Gasteiger partial charge in [-0.2, -0.15) is 8.78 Å². The van der Waals surface area contributed by atoms with Crippen LogP contribution in [0.2, 0.25) is 10.0 Å². The lowest BCUT2D eigenvalue weighted by Gasteiger charge is -2.10. The van der Waals surface area contributed by atoms with Crippen molar-refractivity contribution in [2.24, 2.45) is 0 Å². The second-order valence-corrected chi connectivity index (χ2v) is 8.26. The lowest BCUT2D eigenvalue weighted by molar-refractivity contribution is -0.0498. The molecular formula is C17H12Cl2F2N4O4S. The molecule has 0 saturated carbocycles. The van der Waals surface area contributed by atoms with Crippen LogP contribution in [0.1, 0.15) is 16.2 Å². The largest absolute Gasteiger partial charge is 0.435 e. The Bertz CT molecular complexity index is 1220. The van der Waals surface area contributed by atoms with Gasteiger partial charge in [0.05, 0.1) is 21.4 Å². The van der Waals surface area contributed by atoms with E-state index in [0.717, 1.165) is 10.7 Å². The maximum atomic E-state index is 12.5. The van der Waals surface area contributed by atoms with Gasteiger partial charge in [-0.3, -0.25) is 4.79 Å². The van der Waals surface area contributed by atoms with E-state index in [1.165, 1.54) is 37.3 Å². The SMILES string of the molecule is Cc1c(C(=O)NS(=O)(=O)c2ccccc2Cl)nnn1-c1ccc(OC(F)F)cc1Cl. The lowest BCUT2D eigenvalue weighted by atomic mass is 10.2. The van der Waals surface area contributed by atoms with Crippen LogP contribution in [-0.4, -0.2) is 35.9 Å². The molecule has 0 atom stereocenters. The van der Waals surface area contributed by atoms with Crippen LogP contribution in [-0.2, 0) is 10.0 Å². The van der Waals surface area contributed by atoms with Crippen molar-refractivity contribution in [2.75, 3.05) is 0 Å². The molecule has 0 bridgehead atoms. The Morgan fingerprint density at radius 1 is 1.17 bits per heavy atom. The van der Waals surface area contributed by atoms with Gasteiger partial charge >= 0.3 is 6.61 Å². The Kier molecular flexibility index (Phi) is 6.25. The number of carbonyl (C=O) groups is 1. The van der Waals surface area contributed by atoms with Crippen molar-refractivity contribution < 1.29 is 26.7 Å². The Labute approximate surface area is 179 Å². The van der Waals surface area contributed by atoms with Gasteiger partial charge in [-0.05, 0) is 31.2 Å². The number of ether oxygens (including phenoxy) is 1. The molecule has 0 radical (unpaired) electrons. The van der Waals surface area contributed by atoms with Gasteiger partial charge in [0.25, 0.3) is 15.9 Å². The second kappa shape index (κ2) is 8.54. The average molecular weight is 477 g/mol. The fraction of sp³-hybridized carbons (Fsp3) is 0.118. The zero-order valence-corrected chi connectivity index (χ0v) is 17.3. The number of benzene rings is 2. The molecule has 0 fully saturated rings. The highest BCUT2D eigenvalue weighted by Gasteiger charge is 2.25. The van der Waals surface area contributed by atoms with Gasteiger partial charge in [0.1, 0.15) is 10.6 Å². The molecule has 3 rings (SSSR count). The molecule has 158 valence electrons. The summed E-state index contributed by atoms with van der Waals surface area (Å²) < 4.78 is 56.8. The van der Waals surface area contributed by atoms with Crippen molar-refractivity contribution >= 4 is 39.1 Å². The van der Waals surface area contributed by atoms with E-state index in [4.69, 9.17) is 23.2 Å². The number of carbonyl (C=O) groups excluding carboxylic acids is 1. The first kappa shape index (κ1) is 21.9. The lowest BCUT2D eigenvalue weighted by Crippen LogP contribution is -2.31. The molecule has 30 heavy (non-hydrogen) atoms. The Hall–Kier alpha value is -2.76. The number of nitrogens with one attached hydrogen (secondary N) is 1. The molecule has 0 aliphatic heterocycles. The molecule has 0 aliphatic carbocycles. The standard InChI is InChI=1S/C17H12Cl2F2N4O4S/c1-9-15(16(26)23-30(27,28)14-5-3-2-4-11(14)18)22-24-25(9)13-7-6-10(8-12(13)19)29-17(20)21/h2-8,17H,1H3,(H,23,26). The molecule has 1 amide bonds. The van der Waals surface area contributed by atoms with Crippen molar-refractivity contribution in [2.45, 2.75) is 18.4 Å².